The van der Waals surface area contributed by atoms with Crippen molar-refractivity contribution in [2.75, 3.05) is 6.61 Å². The molecule has 0 aromatic rings. The molecule has 0 spiro atoms. The third-order valence-corrected chi connectivity index (χ3v) is 4.21. The predicted molar refractivity (Wildman–Crippen MR) is 61.9 cm³/mol. The van der Waals surface area contributed by atoms with Gasteiger partial charge in [-0.15, -0.1) is 0 Å². The number of carbonyl (C=O) groups is 3. The van der Waals surface area contributed by atoms with Crippen LogP contribution in [0.1, 0.15) is 12.8 Å². The highest BCUT2D eigenvalue weighted by molar-refractivity contribution is 6.76. The molecule has 1 saturated heterocycles. The quantitative estimate of drug-likeness (QED) is 0.275. The van der Waals surface area contributed by atoms with E-state index in [9.17, 15) is 19.6 Å². The SMILES string of the molecule is C[Si](C)(C)CCOC(=O)O[N+]1(O)C(=O)CCC1=O. The lowest BCUT2D eigenvalue weighted by atomic mass is 10.4. The number of quaternary nitrogens is 1. The fourth-order valence-electron chi connectivity index (χ4n) is 1.33. The molecule has 1 aliphatic rings. The number of ether oxygens (including phenoxy) is 1. The average Bonchev–Trinajstić information content (AvgIpc) is 2.44. The zero-order chi connectivity index (χ0) is 14.0. The summed E-state index contributed by atoms with van der Waals surface area (Å²) in [5, 5.41) is 9.58. The van der Waals surface area contributed by atoms with Gasteiger partial charge in [0.05, 0.1) is 19.4 Å². The number of nitrogens with zero attached hydrogens (tertiary/aromatic N) is 1. The maximum atomic E-state index is 11.3. The first-order chi connectivity index (χ1) is 8.15. The standard InChI is InChI=1S/C10H18NO6Si/c1-18(2,3)7-6-16-10(14)17-11(15)8(12)4-5-9(11)13/h15H,4-7H2,1-3H3/q+1. The predicted octanol–water partition coefficient (Wildman–Crippen LogP) is 1.45. The second-order valence-corrected chi connectivity index (χ2v) is 11.0. The topological polar surface area (TPSA) is 89.9 Å². The van der Waals surface area contributed by atoms with Gasteiger partial charge in [0.15, 0.2) is 0 Å². The minimum Gasteiger partial charge on any atom is -0.431 e. The number of imide groups is 1. The summed E-state index contributed by atoms with van der Waals surface area (Å²) in [5.74, 6) is -1.72. The van der Waals surface area contributed by atoms with E-state index in [4.69, 9.17) is 4.74 Å². The normalized spacial score (nSPS) is 18.9. The summed E-state index contributed by atoms with van der Waals surface area (Å²) in [5.41, 5.74) is 0. The van der Waals surface area contributed by atoms with Crippen molar-refractivity contribution in [3.05, 3.63) is 0 Å². The number of carbonyl (C=O) groups excluding carboxylic acids is 3. The van der Waals surface area contributed by atoms with Gasteiger partial charge in [0, 0.05) is 8.07 Å². The summed E-state index contributed by atoms with van der Waals surface area (Å²) in [6, 6.07) is 0.732. The lowest BCUT2D eigenvalue weighted by molar-refractivity contribution is -1.12. The summed E-state index contributed by atoms with van der Waals surface area (Å²) in [4.78, 5) is 36.2. The molecule has 0 saturated carbocycles. The molecule has 0 aliphatic carbocycles. The molecule has 8 heteroatoms. The molecule has 1 N–H and O–H groups in total. The van der Waals surface area contributed by atoms with E-state index >= 15 is 0 Å². The monoisotopic (exact) mass is 276 g/mol. The molecule has 0 radical (unpaired) electrons. The molecule has 2 amide bonds. The van der Waals surface area contributed by atoms with E-state index < -0.39 is 30.9 Å². The summed E-state index contributed by atoms with van der Waals surface area (Å²) in [7, 11) is -1.35. The summed E-state index contributed by atoms with van der Waals surface area (Å²) >= 11 is 0. The zero-order valence-electron chi connectivity index (χ0n) is 10.8. The Morgan fingerprint density at radius 3 is 2.22 bits per heavy atom. The van der Waals surface area contributed by atoms with Crippen molar-refractivity contribution in [1.29, 1.82) is 0 Å². The van der Waals surface area contributed by atoms with Crippen LogP contribution in [0, 0.1) is 0 Å². The van der Waals surface area contributed by atoms with E-state index in [0.717, 1.165) is 6.04 Å². The number of hydrogen-bond donors (Lipinski definition) is 1. The molecule has 0 aromatic carbocycles. The molecule has 1 rings (SSSR count). The van der Waals surface area contributed by atoms with Gasteiger partial charge in [0.1, 0.15) is 4.81 Å². The first-order valence-corrected chi connectivity index (χ1v) is 9.41. The minimum absolute atomic E-state index is 0.141. The van der Waals surface area contributed by atoms with Crippen molar-refractivity contribution in [2.45, 2.75) is 38.5 Å². The van der Waals surface area contributed by atoms with Crippen LogP contribution >= 0.6 is 0 Å². The molecule has 18 heavy (non-hydrogen) atoms. The Hall–Kier alpha value is -1.25. The van der Waals surface area contributed by atoms with Crippen LogP contribution < -0.4 is 0 Å². The van der Waals surface area contributed by atoms with Gasteiger partial charge in [0.25, 0.3) is 0 Å². The summed E-state index contributed by atoms with van der Waals surface area (Å²) < 4.78 is 4.74. The van der Waals surface area contributed by atoms with Crippen molar-refractivity contribution in [3.63, 3.8) is 0 Å². The Kier molecular flexibility index (Phi) is 4.25. The lowest BCUT2D eigenvalue weighted by Gasteiger charge is -2.17. The van der Waals surface area contributed by atoms with E-state index in [1.54, 1.807) is 0 Å². The number of amides is 2. The minimum atomic E-state index is -1.92. The van der Waals surface area contributed by atoms with E-state index in [1.807, 2.05) is 0 Å². The van der Waals surface area contributed by atoms with Gasteiger partial charge in [0.2, 0.25) is 0 Å². The average molecular weight is 276 g/mol. The van der Waals surface area contributed by atoms with E-state index in [1.165, 1.54) is 0 Å². The van der Waals surface area contributed by atoms with Crippen molar-refractivity contribution in [2.24, 2.45) is 0 Å². The van der Waals surface area contributed by atoms with E-state index in [0.29, 0.717) is 0 Å². The maximum Gasteiger partial charge on any atom is 0.564 e. The van der Waals surface area contributed by atoms with Gasteiger partial charge in [-0.25, -0.2) is 9.59 Å². The van der Waals surface area contributed by atoms with Crippen LogP contribution in [0.2, 0.25) is 25.7 Å². The number of hydroxylamine groups is 4. The highest BCUT2D eigenvalue weighted by atomic mass is 28.3. The molecule has 0 aromatic heterocycles. The second-order valence-electron chi connectivity index (χ2n) is 5.36. The summed E-state index contributed by atoms with van der Waals surface area (Å²) in [6.45, 7) is 6.47. The molecule has 1 aliphatic heterocycles. The van der Waals surface area contributed by atoms with Crippen molar-refractivity contribution in [3.8, 4) is 0 Å². The number of rotatable bonds is 4. The highest BCUT2D eigenvalue weighted by Gasteiger charge is 2.56. The van der Waals surface area contributed by atoms with Crippen molar-refractivity contribution >= 4 is 26.0 Å². The van der Waals surface area contributed by atoms with Gasteiger partial charge in [-0.3, -0.25) is 0 Å². The highest BCUT2D eigenvalue weighted by Crippen LogP contribution is 2.21. The molecule has 7 nitrogen and oxygen atoms in total. The third-order valence-electron chi connectivity index (χ3n) is 2.51. The zero-order valence-corrected chi connectivity index (χ0v) is 11.8. The van der Waals surface area contributed by atoms with Gasteiger partial charge >= 0.3 is 18.0 Å². The Labute approximate surface area is 106 Å². The van der Waals surface area contributed by atoms with Crippen LogP contribution in [0.5, 0.6) is 0 Å². The molecule has 0 bridgehead atoms. The van der Waals surface area contributed by atoms with Crippen LogP contribution in [0.4, 0.5) is 4.79 Å². The first-order valence-electron chi connectivity index (χ1n) is 5.70. The molecule has 1 fully saturated rings. The van der Waals surface area contributed by atoms with E-state index in [-0.39, 0.29) is 19.4 Å². The van der Waals surface area contributed by atoms with Crippen molar-refractivity contribution in [1.82, 2.24) is 0 Å². The first kappa shape index (κ1) is 14.8. The lowest BCUT2D eigenvalue weighted by Crippen LogP contribution is -2.50. The molecule has 0 atom stereocenters. The molecule has 1 heterocycles. The molecular formula is C10H18NO6Si+. The van der Waals surface area contributed by atoms with E-state index in [2.05, 4.69) is 24.5 Å². The smallest absolute Gasteiger partial charge is 0.431 e. The van der Waals surface area contributed by atoms with Gasteiger partial charge in [-0.05, 0) is 6.04 Å². The Morgan fingerprint density at radius 1 is 1.28 bits per heavy atom. The van der Waals surface area contributed by atoms with Crippen LogP contribution in [-0.2, 0) is 19.2 Å². The van der Waals surface area contributed by atoms with Crippen molar-refractivity contribution < 1.29 is 34.0 Å². The molecule has 0 unspecified atom stereocenters. The van der Waals surface area contributed by atoms with Gasteiger partial charge in [-0.1, -0.05) is 19.6 Å². The van der Waals surface area contributed by atoms with Crippen LogP contribution in [0.15, 0.2) is 0 Å². The Balaban J connectivity index is 2.45. The Bertz CT molecular complexity index is 359. The van der Waals surface area contributed by atoms with Crippen LogP contribution in [-0.4, -0.2) is 42.7 Å². The number of hydrogen-bond acceptors (Lipinski definition) is 6. The fraction of sp³-hybridized carbons (Fsp3) is 0.700. The largest absolute Gasteiger partial charge is 0.564 e. The molecular weight excluding hydrogens is 258 g/mol. The third kappa shape index (κ3) is 3.62. The van der Waals surface area contributed by atoms with Gasteiger partial charge in [-0.2, -0.15) is 14.8 Å². The van der Waals surface area contributed by atoms with Crippen LogP contribution in [0.25, 0.3) is 0 Å². The maximum absolute atomic E-state index is 11.3. The van der Waals surface area contributed by atoms with Crippen LogP contribution in [0.3, 0.4) is 0 Å². The van der Waals surface area contributed by atoms with Gasteiger partial charge < -0.3 is 4.74 Å². The summed E-state index contributed by atoms with van der Waals surface area (Å²) in [6.07, 6.45) is -1.49. The molecule has 102 valence electrons. The second kappa shape index (κ2) is 5.17. The fourth-order valence-corrected chi connectivity index (χ4v) is 2.05. The Morgan fingerprint density at radius 2 is 1.78 bits per heavy atom.